The predicted molar refractivity (Wildman–Crippen MR) is 111 cm³/mol. The van der Waals surface area contributed by atoms with E-state index in [1.807, 2.05) is 19.1 Å². The Kier molecular flexibility index (Phi) is 5.69. The molecule has 0 aliphatic rings. The molecule has 0 unspecified atom stereocenters. The highest BCUT2D eigenvalue weighted by atomic mass is 16.6. The third kappa shape index (κ3) is 4.65. The summed E-state index contributed by atoms with van der Waals surface area (Å²) in [6, 6.07) is 18.3. The van der Waals surface area contributed by atoms with E-state index in [1.54, 1.807) is 36.4 Å². The molecule has 0 bridgehead atoms. The molecule has 146 valence electrons. The van der Waals surface area contributed by atoms with E-state index in [1.165, 1.54) is 25.1 Å². The van der Waals surface area contributed by atoms with Gasteiger partial charge in [-0.1, -0.05) is 23.8 Å². The van der Waals surface area contributed by atoms with Crippen molar-refractivity contribution < 1.29 is 14.5 Å². The Morgan fingerprint density at radius 2 is 1.41 bits per heavy atom. The Balaban J connectivity index is 1.69. The van der Waals surface area contributed by atoms with Crippen molar-refractivity contribution in [3.63, 3.8) is 0 Å². The molecule has 0 spiro atoms. The molecular weight excluding hydrogens is 370 g/mol. The molecule has 0 aliphatic carbocycles. The van der Waals surface area contributed by atoms with Gasteiger partial charge in [-0.05, 0) is 56.3 Å². The van der Waals surface area contributed by atoms with Crippen LogP contribution in [0.1, 0.15) is 31.8 Å². The summed E-state index contributed by atoms with van der Waals surface area (Å²) in [4.78, 5) is 35.3. The van der Waals surface area contributed by atoms with Crippen molar-refractivity contribution in [2.24, 2.45) is 0 Å². The standard InChI is InChI=1S/C22H19N3O4/c1-14-5-3-6-16(13-14)21(26)23-17-9-11-18(12-10-17)24-22(27)19-7-4-8-20(15(19)2)25(28)29/h3-13H,1-2H3,(H,23,26)(H,24,27). The van der Waals surface area contributed by atoms with Crippen LogP contribution in [0.25, 0.3) is 0 Å². The number of nitro groups is 1. The van der Waals surface area contributed by atoms with Crippen molar-refractivity contribution in [2.75, 3.05) is 10.6 Å². The molecular formula is C22H19N3O4. The van der Waals surface area contributed by atoms with Crippen LogP contribution in [0, 0.1) is 24.0 Å². The number of aryl methyl sites for hydroxylation is 1. The van der Waals surface area contributed by atoms with E-state index in [0.717, 1.165) is 5.56 Å². The fourth-order valence-electron chi connectivity index (χ4n) is 2.89. The van der Waals surface area contributed by atoms with E-state index < -0.39 is 10.8 Å². The first kappa shape index (κ1) is 19.8. The minimum absolute atomic E-state index is 0.105. The summed E-state index contributed by atoms with van der Waals surface area (Å²) in [5.41, 5.74) is 3.08. The van der Waals surface area contributed by atoms with Gasteiger partial charge < -0.3 is 10.6 Å². The second-order valence-corrected chi connectivity index (χ2v) is 6.56. The summed E-state index contributed by atoms with van der Waals surface area (Å²) in [6.45, 7) is 3.45. The zero-order chi connectivity index (χ0) is 21.0. The van der Waals surface area contributed by atoms with Gasteiger partial charge in [-0.25, -0.2) is 0 Å². The highest BCUT2D eigenvalue weighted by molar-refractivity contribution is 6.06. The number of rotatable bonds is 5. The lowest BCUT2D eigenvalue weighted by Gasteiger charge is -2.10. The largest absolute Gasteiger partial charge is 0.322 e. The molecule has 7 heteroatoms. The summed E-state index contributed by atoms with van der Waals surface area (Å²) < 4.78 is 0. The predicted octanol–water partition coefficient (Wildman–Crippen LogP) is 4.72. The first-order valence-electron chi connectivity index (χ1n) is 8.88. The maximum Gasteiger partial charge on any atom is 0.273 e. The van der Waals surface area contributed by atoms with Crippen LogP contribution in [0.2, 0.25) is 0 Å². The van der Waals surface area contributed by atoms with Gasteiger partial charge in [0.15, 0.2) is 0 Å². The Morgan fingerprint density at radius 3 is 2.00 bits per heavy atom. The van der Waals surface area contributed by atoms with Crippen LogP contribution >= 0.6 is 0 Å². The lowest BCUT2D eigenvalue weighted by molar-refractivity contribution is -0.385. The zero-order valence-electron chi connectivity index (χ0n) is 15.9. The monoisotopic (exact) mass is 389 g/mol. The van der Waals surface area contributed by atoms with Crippen LogP contribution < -0.4 is 10.6 Å². The number of nitrogens with zero attached hydrogens (tertiary/aromatic N) is 1. The molecule has 0 aliphatic heterocycles. The normalized spacial score (nSPS) is 10.3. The van der Waals surface area contributed by atoms with Crippen LogP contribution in [0.15, 0.2) is 66.7 Å². The van der Waals surface area contributed by atoms with Crippen molar-refractivity contribution >= 4 is 28.9 Å². The molecule has 3 rings (SSSR count). The van der Waals surface area contributed by atoms with Gasteiger partial charge in [0, 0.05) is 34.1 Å². The number of carbonyl (C=O) groups is 2. The molecule has 3 aromatic carbocycles. The fourth-order valence-corrected chi connectivity index (χ4v) is 2.89. The highest BCUT2D eigenvalue weighted by Crippen LogP contribution is 2.22. The molecule has 2 amide bonds. The number of nitro benzene ring substituents is 1. The minimum Gasteiger partial charge on any atom is -0.322 e. The Hall–Kier alpha value is -4.00. The van der Waals surface area contributed by atoms with Crippen molar-refractivity contribution in [2.45, 2.75) is 13.8 Å². The number of nitrogens with one attached hydrogen (secondary N) is 2. The number of carbonyl (C=O) groups excluding carboxylic acids is 2. The maximum absolute atomic E-state index is 12.5. The van der Waals surface area contributed by atoms with E-state index in [4.69, 9.17) is 0 Å². The van der Waals surface area contributed by atoms with E-state index in [-0.39, 0.29) is 17.2 Å². The van der Waals surface area contributed by atoms with Crippen molar-refractivity contribution in [1.29, 1.82) is 0 Å². The van der Waals surface area contributed by atoms with Crippen LogP contribution in [-0.2, 0) is 0 Å². The quantitative estimate of drug-likeness (QED) is 0.487. The van der Waals surface area contributed by atoms with E-state index in [2.05, 4.69) is 10.6 Å². The van der Waals surface area contributed by atoms with Crippen LogP contribution in [-0.4, -0.2) is 16.7 Å². The smallest absolute Gasteiger partial charge is 0.273 e. The Morgan fingerprint density at radius 1 is 0.828 bits per heavy atom. The lowest BCUT2D eigenvalue weighted by atomic mass is 10.1. The molecule has 7 nitrogen and oxygen atoms in total. The first-order valence-corrected chi connectivity index (χ1v) is 8.88. The van der Waals surface area contributed by atoms with Crippen molar-refractivity contribution in [1.82, 2.24) is 0 Å². The molecule has 0 atom stereocenters. The fraction of sp³-hybridized carbons (Fsp3) is 0.0909. The molecule has 0 fully saturated rings. The van der Waals surface area contributed by atoms with Gasteiger partial charge in [-0.15, -0.1) is 0 Å². The molecule has 0 radical (unpaired) electrons. The summed E-state index contributed by atoms with van der Waals surface area (Å²) in [5.74, 6) is -0.666. The third-order valence-electron chi connectivity index (χ3n) is 4.43. The topological polar surface area (TPSA) is 101 Å². The third-order valence-corrected chi connectivity index (χ3v) is 4.43. The van der Waals surface area contributed by atoms with Gasteiger partial charge in [0.25, 0.3) is 17.5 Å². The lowest BCUT2D eigenvalue weighted by Crippen LogP contribution is -2.14. The van der Waals surface area contributed by atoms with Gasteiger partial charge in [0.05, 0.1) is 4.92 Å². The molecule has 29 heavy (non-hydrogen) atoms. The minimum atomic E-state index is -0.516. The summed E-state index contributed by atoms with van der Waals surface area (Å²) in [5, 5.41) is 16.6. The van der Waals surface area contributed by atoms with Gasteiger partial charge in [-0.2, -0.15) is 0 Å². The average Bonchev–Trinajstić information content (AvgIpc) is 2.69. The summed E-state index contributed by atoms with van der Waals surface area (Å²) in [7, 11) is 0. The molecule has 3 aromatic rings. The van der Waals surface area contributed by atoms with Crippen molar-refractivity contribution in [3.05, 3.63) is 99.1 Å². The van der Waals surface area contributed by atoms with Gasteiger partial charge in [0.2, 0.25) is 0 Å². The number of anilines is 2. The average molecular weight is 389 g/mol. The Bertz CT molecular complexity index is 1090. The van der Waals surface area contributed by atoms with Crippen LogP contribution in [0.5, 0.6) is 0 Å². The molecule has 0 heterocycles. The molecule has 0 aromatic heterocycles. The SMILES string of the molecule is Cc1cccc(C(=O)Nc2ccc(NC(=O)c3cccc([N+](=O)[O-])c3C)cc2)c1. The Labute approximate surface area is 167 Å². The van der Waals surface area contributed by atoms with E-state index in [9.17, 15) is 19.7 Å². The highest BCUT2D eigenvalue weighted by Gasteiger charge is 2.18. The second kappa shape index (κ2) is 8.35. The van der Waals surface area contributed by atoms with Crippen molar-refractivity contribution in [3.8, 4) is 0 Å². The number of hydrogen-bond donors (Lipinski definition) is 2. The molecule has 0 saturated heterocycles. The van der Waals surface area contributed by atoms with Crippen LogP contribution in [0.4, 0.5) is 17.1 Å². The number of hydrogen-bond acceptors (Lipinski definition) is 4. The molecule has 0 saturated carbocycles. The van der Waals surface area contributed by atoms with Crippen LogP contribution in [0.3, 0.4) is 0 Å². The summed E-state index contributed by atoms with van der Waals surface area (Å²) >= 11 is 0. The number of benzene rings is 3. The summed E-state index contributed by atoms with van der Waals surface area (Å²) in [6.07, 6.45) is 0. The zero-order valence-corrected chi connectivity index (χ0v) is 15.9. The van der Waals surface area contributed by atoms with E-state index in [0.29, 0.717) is 22.5 Å². The van der Waals surface area contributed by atoms with Gasteiger partial charge in [0.1, 0.15) is 0 Å². The number of amides is 2. The maximum atomic E-state index is 12.5. The second-order valence-electron chi connectivity index (χ2n) is 6.56. The molecule has 2 N–H and O–H groups in total. The van der Waals surface area contributed by atoms with Gasteiger partial charge in [-0.3, -0.25) is 19.7 Å². The first-order chi connectivity index (χ1) is 13.8. The van der Waals surface area contributed by atoms with E-state index >= 15 is 0 Å². The van der Waals surface area contributed by atoms with Gasteiger partial charge >= 0.3 is 0 Å².